The van der Waals surface area contributed by atoms with Crippen LogP contribution in [0.4, 0.5) is 5.69 Å². The lowest BCUT2D eigenvalue weighted by atomic mass is 9.53. The van der Waals surface area contributed by atoms with Gasteiger partial charge in [0.15, 0.2) is 5.78 Å². The van der Waals surface area contributed by atoms with Crippen molar-refractivity contribution in [2.75, 3.05) is 10.9 Å². The predicted molar refractivity (Wildman–Crippen MR) is 110 cm³/mol. The van der Waals surface area contributed by atoms with Crippen LogP contribution in [0.25, 0.3) is 0 Å². The summed E-state index contributed by atoms with van der Waals surface area (Å²) in [6.45, 7) is 1.51. The Kier molecular flexibility index (Phi) is 4.96. The van der Waals surface area contributed by atoms with E-state index in [1.807, 2.05) is 6.07 Å². The molecule has 1 aromatic rings. The summed E-state index contributed by atoms with van der Waals surface area (Å²) < 4.78 is 0.843. The molecule has 4 saturated carbocycles. The van der Waals surface area contributed by atoms with Crippen LogP contribution in [0.1, 0.15) is 55.9 Å². The number of thiocarbonyl (C=S) groups is 1. The van der Waals surface area contributed by atoms with Crippen LogP contribution in [0, 0.1) is 17.8 Å². The third-order valence-electron chi connectivity index (χ3n) is 6.18. The molecular weight excluding hydrogens is 364 g/mol. The second-order valence-corrected chi connectivity index (χ2v) is 9.93. The number of thioether (sulfide) groups is 1. The van der Waals surface area contributed by atoms with Gasteiger partial charge in [-0.05, 0) is 68.4 Å². The highest BCUT2D eigenvalue weighted by Gasteiger charge is 2.51. The number of anilines is 1. The van der Waals surface area contributed by atoms with Crippen LogP contribution in [-0.4, -0.2) is 26.5 Å². The van der Waals surface area contributed by atoms with E-state index >= 15 is 0 Å². The summed E-state index contributed by atoms with van der Waals surface area (Å²) in [6, 6.07) is 3.52. The number of nitrogens with two attached hydrogens (primary N) is 1. The van der Waals surface area contributed by atoms with Crippen LogP contribution >= 0.6 is 24.0 Å². The van der Waals surface area contributed by atoms with Crippen LogP contribution in [0.15, 0.2) is 18.3 Å². The summed E-state index contributed by atoms with van der Waals surface area (Å²) in [6.07, 6.45) is 9.77. The minimum Gasteiger partial charge on any atom is -0.365 e. The number of nitrogens with one attached hydrogen (secondary N) is 1. The Morgan fingerprint density at radius 3 is 2.42 bits per heavy atom. The maximum Gasteiger partial charge on any atom is 0.178 e. The summed E-state index contributed by atoms with van der Waals surface area (Å²) in [7, 11) is 0. The molecule has 4 bridgehead atoms. The number of nitrogens with zero attached hydrogens (tertiary/aromatic N) is 2. The molecule has 0 spiro atoms. The quantitative estimate of drug-likeness (QED) is 0.262. The number of carbonyl (C=O) groups is 1. The van der Waals surface area contributed by atoms with Gasteiger partial charge in [-0.25, -0.2) is 5.84 Å². The average molecular weight is 391 g/mol. The number of Topliss-reactive ketones (excluding diaryl/α,β-unsaturated/α-hetero) is 1. The molecule has 0 aromatic carbocycles. The molecule has 7 heteroatoms. The molecule has 1 heterocycles. The third-order valence-corrected chi connectivity index (χ3v) is 7.41. The van der Waals surface area contributed by atoms with E-state index in [-0.39, 0.29) is 11.3 Å². The van der Waals surface area contributed by atoms with Gasteiger partial charge in [0.05, 0.1) is 17.8 Å². The molecule has 0 aliphatic heterocycles. The molecule has 5 rings (SSSR count). The lowest BCUT2D eigenvalue weighted by Crippen LogP contribution is -2.59. The molecule has 4 aliphatic rings. The van der Waals surface area contributed by atoms with Gasteiger partial charge in [-0.15, -0.1) is 0 Å². The first kappa shape index (κ1) is 18.2. The number of pyridine rings is 1. The molecule has 0 radical (unpaired) electrons. The van der Waals surface area contributed by atoms with E-state index in [0.29, 0.717) is 11.6 Å². The van der Waals surface area contributed by atoms with E-state index in [2.05, 4.69) is 10.3 Å². The van der Waals surface area contributed by atoms with Crippen molar-refractivity contribution in [2.24, 2.45) is 23.6 Å². The molecule has 0 atom stereocenters. The van der Waals surface area contributed by atoms with Crippen molar-refractivity contribution in [3.8, 4) is 0 Å². The maximum atomic E-state index is 11.3. The first-order chi connectivity index (χ1) is 12.4. The molecule has 0 unspecified atom stereocenters. The zero-order chi connectivity index (χ0) is 18.3. The highest BCUT2D eigenvalue weighted by atomic mass is 32.2. The second kappa shape index (κ2) is 7.09. The second-order valence-electron chi connectivity index (χ2n) is 8.31. The number of ketones is 1. The SMILES string of the molecule is CC(=O)c1ccc(N(N)CSC(=S)NC23CC4CC(CC(C4)C2)C3)cn1. The van der Waals surface area contributed by atoms with E-state index in [1.165, 1.54) is 45.4 Å². The van der Waals surface area contributed by atoms with E-state index in [0.717, 1.165) is 27.8 Å². The summed E-state index contributed by atoms with van der Waals surface area (Å²) in [5.74, 6) is 9.34. The van der Waals surface area contributed by atoms with Crippen molar-refractivity contribution in [3.05, 3.63) is 24.0 Å². The summed E-state index contributed by atoms with van der Waals surface area (Å²) in [5, 5.41) is 5.33. The lowest BCUT2D eigenvalue weighted by Gasteiger charge is -2.57. The van der Waals surface area contributed by atoms with Gasteiger partial charge in [-0.3, -0.25) is 14.8 Å². The Labute approximate surface area is 164 Å². The smallest absolute Gasteiger partial charge is 0.178 e. The van der Waals surface area contributed by atoms with Gasteiger partial charge in [0.2, 0.25) is 0 Å². The van der Waals surface area contributed by atoms with Crippen LogP contribution in [-0.2, 0) is 0 Å². The van der Waals surface area contributed by atoms with E-state index in [9.17, 15) is 4.79 Å². The van der Waals surface area contributed by atoms with Gasteiger partial charge in [-0.1, -0.05) is 24.0 Å². The van der Waals surface area contributed by atoms with E-state index < -0.39 is 0 Å². The molecule has 5 nitrogen and oxygen atoms in total. The standard InChI is InChI=1S/C19H26N4OS2/c1-12(24)17-3-2-16(10-21-17)23(20)11-26-18(25)22-19-7-13-4-14(8-19)6-15(5-13)9-19/h2-3,10,13-15H,4-9,11,20H2,1H3,(H,22,25). The minimum absolute atomic E-state index is 0.0459. The summed E-state index contributed by atoms with van der Waals surface area (Å²) in [4.78, 5) is 15.5. The molecule has 1 aromatic heterocycles. The van der Waals surface area contributed by atoms with Crippen LogP contribution < -0.4 is 16.2 Å². The Hall–Kier alpha value is -1.18. The summed E-state index contributed by atoms with van der Waals surface area (Å²) in [5.41, 5.74) is 1.47. The van der Waals surface area contributed by atoms with Crippen molar-refractivity contribution in [1.82, 2.24) is 10.3 Å². The van der Waals surface area contributed by atoms with Gasteiger partial charge in [0.25, 0.3) is 0 Å². The molecule has 4 fully saturated rings. The Bertz CT molecular complexity index is 671. The molecule has 0 saturated heterocycles. The fourth-order valence-electron chi connectivity index (χ4n) is 5.48. The van der Waals surface area contributed by atoms with Crippen molar-refractivity contribution < 1.29 is 4.79 Å². The van der Waals surface area contributed by atoms with Crippen molar-refractivity contribution in [3.63, 3.8) is 0 Å². The van der Waals surface area contributed by atoms with Gasteiger partial charge >= 0.3 is 0 Å². The zero-order valence-corrected chi connectivity index (χ0v) is 16.7. The Balaban J connectivity index is 1.30. The van der Waals surface area contributed by atoms with Gasteiger partial charge in [0, 0.05) is 12.5 Å². The van der Waals surface area contributed by atoms with Gasteiger partial charge in [0.1, 0.15) is 10.0 Å². The third kappa shape index (κ3) is 3.75. The molecule has 140 valence electrons. The van der Waals surface area contributed by atoms with Gasteiger partial charge in [-0.2, -0.15) is 0 Å². The molecule has 3 N–H and O–H groups in total. The fourth-order valence-corrected chi connectivity index (χ4v) is 6.55. The normalized spacial score (nSPS) is 31.7. The molecular formula is C19H26N4OS2. The largest absolute Gasteiger partial charge is 0.365 e. The van der Waals surface area contributed by atoms with Crippen molar-refractivity contribution >= 4 is 39.8 Å². The fraction of sp³-hybridized carbons (Fsp3) is 0.632. The van der Waals surface area contributed by atoms with Crippen molar-refractivity contribution in [1.29, 1.82) is 0 Å². The van der Waals surface area contributed by atoms with Crippen LogP contribution in [0.2, 0.25) is 0 Å². The molecule has 4 aliphatic carbocycles. The number of hydrazine groups is 1. The maximum absolute atomic E-state index is 11.3. The predicted octanol–water partition coefficient (Wildman–Crippen LogP) is 3.50. The number of aromatic nitrogens is 1. The zero-order valence-electron chi connectivity index (χ0n) is 15.1. The number of hydrogen-bond acceptors (Lipinski definition) is 6. The first-order valence-electron chi connectivity index (χ1n) is 9.37. The molecule has 0 amide bonds. The monoisotopic (exact) mass is 390 g/mol. The lowest BCUT2D eigenvalue weighted by molar-refractivity contribution is -0.00934. The Morgan fingerprint density at radius 2 is 1.92 bits per heavy atom. The van der Waals surface area contributed by atoms with Crippen LogP contribution in [0.5, 0.6) is 0 Å². The van der Waals surface area contributed by atoms with Gasteiger partial charge < -0.3 is 5.32 Å². The molecule has 26 heavy (non-hydrogen) atoms. The topological polar surface area (TPSA) is 71.2 Å². The average Bonchev–Trinajstić information content (AvgIpc) is 2.58. The summed E-state index contributed by atoms with van der Waals surface area (Å²) >= 11 is 7.19. The Morgan fingerprint density at radius 1 is 1.31 bits per heavy atom. The number of rotatable bonds is 5. The van der Waals surface area contributed by atoms with Crippen LogP contribution in [0.3, 0.4) is 0 Å². The van der Waals surface area contributed by atoms with E-state index in [4.69, 9.17) is 18.1 Å². The first-order valence-corrected chi connectivity index (χ1v) is 10.8. The number of hydrogen-bond donors (Lipinski definition) is 2. The highest BCUT2D eigenvalue weighted by molar-refractivity contribution is 8.23. The highest BCUT2D eigenvalue weighted by Crippen LogP contribution is 2.55. The van der Waals surface area contributed by atoms with Crippen molar-refractivity contribution in [2.45, 2.75) is 51.0 Å². The van der Waals surface area contributed by atoms with E-state index in [1.54, 1.807) is 29.0 Å². The number of carbonyl (C=O) groups excluding carboxylic acids is 1. The minimum atomic E-state index is -0.0459.